The number of hydrogen-bond acceptors (Lipinski definition) is 6. The van der Waals surface area contributed by atoms with Gasteiger partial charge in [-0.3, -0.25) is 9.78 Å². The number of piperidine rings is 1. The fraction of sp³-hybridized carbons (Fsp3) is 0.455. The molecule has 160 valence electrons. The lowest BCUT2D eigenvalue weighted by atomic mass is 9.89. The molecule has 3 aromatic heterocycles. The van der Waals surface area contributed by atoms with Crippen molar-refractivity contribution in [3.8, 4) is 0 Å². The first kappa shape index (κ1) is 18.7. The first-order valence-electron chi connectivity index (χ1n) is 10.7. The SMILES string of the molecule is Cc1cnn2c(N3CCC4(CC3)O[C@@H]3CC[C@@H](c5cncc(F)c5)N3C4=O)ccnc12. The highest BCUT2D eigenvalue weighted by atomic mass is 19.1. The van der Waals surface area contributed by atoms with E-state index in [1.165, 1.54) is 12.3 Å². The molecule has 9 heteroatoms. The molecule has 8 nitrogen and oxygen atoms in total. The van der Waals surface area contributed by atoms with Crippen molar-refractivity contribution in [1.82, 2.24) is 24.5 Å². The van der Waals surface area contributed by atoms with E-state index < -0.39 is 5.60 Å². The van der Waals surface area contributed by atoms with Crippen molar-refractivity contribution in [1.29, 1.82) is 0 Å². The maximum absolute atomic E-state index is 13.7. The van der Waals surface area contributed by atoms with Gasteiger partial charge < -0.3 is 14.5 Å². The third-order valence-electron chi connectivity index (χ3n) is 6.88. The summed E-state index contributed by atoms with van der Waals surface area (Å²) in [5, 5.41) is 4.46. The standard InChI is InChI=1S/C22H23FN6O2/c1-14-11-26-29-18(4-7-25-20(14)29)27-8-5-22(6-9-27)21(30)28-17(2-3-19(28)31-22)15-10-16(23)13-24-12-15/h4,7,10-13,17,19H,2-3,5-6,8-9H2,1H3/t17-,19+/m0/s1. The summed E-state index contributed by atoms with van der Waals surface area (Å²) in [4.78, 5) is 26.0. The van der Waals surface area contributed by atoms with Crippen molar-refractivity contribution < 1.29 is 13.9 Å². The Balaban J connectivity index is 1.23. The van der Waals surface area contributed by atoms with Gasteiger partial charge in [-0.25, -0.2) is 9.37 Å². The van der Waals surface area contributed by atoms with E-state index >= 15 is 0 Å². The summed E-state index contributed by atoms with van der Waals surface area (Å²) < 4.78 is 22.0. The molecule has 1 spiro atoms. The van der Waals surface area contributed by atoms with Gasteiger partial charge >= 0.3 is 0 Å². The molecule has 0 unspecified atom stereocenters. The van der Waals surface area contributed by atoms with Crippen LogP contribution in [0, 0.1) is 12.7 Å². The van der Waals surface area contributed by atoms with E-state index in [0.717, 1.165) is 35.4 Å². The van der Waals surface area contributed by atoms with E-state index in [1.54, 1.807) is 12.4 Å². The van der Waals surface area contributed by atoms with Crippen LogP contribution in [0.25, 0.3) is 5.65 Å². The van der Waals surface area contributed by atoms with Crippen LogP contribution in [0.4, 0.5) is 10.2 Å². The Morgan fingerprint density at radius 1 is 1.19 bits per heavy atom. The summed E-state index contributed by atoms with van der Waals surface area (Å²) in [5.41, 5.74) is 1.82. The predicted molar refractivity (Wildman–Crippen MR) is 110 cm³/mol. The molecule has 0 aromatic carbocycles. The second-order valence-corrected chi connectivity index (χ2v) is 8.66. The van der Waals surface area contributed by atoms with E-state index in [0.29, 0.717) is 25.9 Å². The number of carbonyl (C=O) groups excluding carboxylic acids is 1. The molecule has 3 aliphatic heterocycles. The number of nitrogens with zero attached hydrogens (tertiary/aromatic N) is 6. The summed E-state index contributed by atoms with van der Waals surface area (Å²) in [7, 11) is 0. The molecule has 0 N–H and O–H groups in total. The average Bonchev–Trinajstić information content (AvgIpc) is 3.44. The number of pyridine rings is 1. The van der Waals surface area contributed by atoms with Crippen molar-refractivity contribution in [2.24, 2.45) is 0 Å². The molecule has 31 heavy (non-hydrogen) atoms. The Labute approximate surface area is 178 Å². The zero-order valence-electron chi connectivity index (χ0n) is 17.2. The maximum atomic E-state index is 13.7. The lowest BCUT2D eigenvalue weighted by Crippen LogP contribution is -2.50. The molecule has 2 atom stereocenters. The number of ether oxygens (including phenoxy) is 1. The summed E-state index contributed by atoms with van der Waals surface area (Å²) in [6, 6.07) is 3.26. The molecule has 3 aliphatic rings. The zero-order chi connectivity index (χ0) is 21.2. The minimum absolute atomic E-state index is 0.0266. The van der Waals surface area contributed by atoms with Crippen LogP contribution in [0.2, 0.25) is 0 Å². The predicted octanol–water partition coefficient (Wildman–Crippen LogP) is 2.63. The number of fused-ring (bicyclic) bond motifs is 2. The number of amides is 1. The monoisotopic (exact) mass is 422 g/mol. The molecule has 0 radical (unpaired) electrons. The number of hydrogen-bond donors (Lipinski definition) is 0. The van der Waals surface area contributed by atoms with Crippen LogP contribution in [0.5, 0.6) is 0 Å². The molecular formula is C22H23FN6O2. The van der Waals surface area contributed by atoms with Gasteiger partial charge in [-0.2, -0.15) is 9.61 Å². The quantitative estimate of drug-likeness (QED) is 0.632. The first-order valence-corrected chi connectivity index (χ1v) is 10.7. The molecule has 0 aliphatic carbocycles. The van der Waals surface area contributed by atoms with Crippen LogP contribution in [-0.4, -0.2) is 55.3 Å². The molecule has 3 aromatic rings. The average molecular weight is 422 g/mol. The van der Waals surface area contributed by atoms with E-state index in [9.17, 15) is 9.18 Å². The molecule has 0 saturated carbocycles. The second-order valence-electron chi connectivity index (χ2n) is 8.66. The third kappa shape index (κ3) is 2.76. The highest BCUT2D eigenvalue weighted by molar-refractivity contribution is 5.88. The molecule has 1 amide bonds. The summed E-state index contributed by atoms with van der Waals surface area (Å²) in [6.45, 7) is 3.38. The first-order chi connectivity index (χ1) is 15.1. The van der Waals surface area contributed by atoms with E-state index in [4.69, 9.17) is 4.74 Å². The van der Waals surface area contributed by atoms with Gasteiger partial charge in [0.05, 0.1) is 18.4 Å². The van der Waals surface area contributed by atoms with Gasteiger partial charge in [-0.05, 0) is 37.5 Å². The number of anilines is 1. The number of carbonyl (C=O) groups is 1. The van der Waals surface area contributed by atoms with E-state index in [1.807, 2.05) is 28.6 Å². The van der Waals surface area contributed by atoms with Gasteiger partial charge in [0.25, 0.3) is 5.91 Å². The Morgan fingerprint density at radius 3 is 2.84 bits per heavy atom. The van der Waals surface area contributed by atoms with E-state index in [2.05, 4.69) is 20.0 Å². The third-order valence-corrected chi connectivity index (χ3v) is 6.88. The van der Waals surface area contributed by atoms with Crippen LogP contribution in [0.15, 0.2) is 36.9 Å². The fourth-order valence-corrected chi connectivity index (χ4v) is 5.31. The smallest absolute Gasteiger partial charge is 0.257 e. The highest BCUT2D eigenvalue weighted by Gasteiger charge is 2.58. The fourth-order valence-electron chi connectivity index (χ4n) is 5.31. The number of aromatic nitrogens is 4. The van der Waals surface area contributed by atoms with Gasteiger partial charge in [-0.1, -0.05) is 0 Å². The van der Waals surface area contributed by atoms with Crippen LogP contribution >= 0.6 is 0 Å². The topological polar surface area (TPSA) is 75.9 Å². The Bertz CT molecular complexity index is 1170. The minimum Gasteiger partial charge on any atom is -0.356 e. The summed E-state index contributed by atoms with van der Waals surface area (Å²) in [5.74, 6) is 0.621. The zero-order valence-corrected chi connectivity index (χ0v) is 17.2. The van der Waals surface area contributed by atoms with Crippen LogP contribution in [-0.2, 0) is 9.53 Å². The summed E-state index contributed by atoms with van der Waals surface area (Å²) >= 11 is 0. The van der Waals surface area contributed by atoms with Gasteiger partial charge in [0, 0.05) is 43.9 Å². The van der Waals surface area contributed by atoms with Crippen LogP contribution in [0.3, 0.4) is 0 Å². The largest absolute Gasteiger partial charge is 0.356 e. The van der Waals surface area contributed by atoms with Gasteiger partial charge in [-0.15, -0.1) is 0 Å². The van der Waals surface area contributed by atoms with Gasteiger partial charge in [0.15, 0.2) is 11.2 Å². The van der Waals surface area contributed by atoms with Gasteiger partial charge in [0.2, 0.25) is 0 Å². The molecule has 0 bridgehead atoms. The van der Waals surface area contributed by atoms with Crippen LogP contribution in [0.1, 0.15) is 42.9 Å². The number of halogens is 1. The molecule has 3 fully saturated rings. The maximum Gasteiger partial charge on any atom is 0.257 e. The minimum atomic E-state index is -0.799. The number of rotatable bonds is 2. The molecule has 6 rings (SSSR count). The Morgan fingerprint density at radius 2 is 2.03 bits per heavy atom. The highest BCUT2D eigenvalue weighted by Crippen LogP contribution is 2.47. The van der Waals surface area contributed by atoms with Crippen molar-refractivity contribution in [2.45, 2.75) is 50.5 Å². The van der Waals surface area contributed by atoms with Gasteiger partial charge in [0.1, 0.15) is 17.9 Å². The van der Waals surface area contributed by atoms with Crippen LogP contribution < -0.4 is 4.90 Å². The molecular weight excluding hydrogens is 399 g/mol. The molecule has 6 heterocycles. The van der Waals surface area contributed by atoms with E-state index in [-0.39, 0.29) is 24.0 Å². The van der Waals surface area contributed by atoms with Crippen molar-refractivity contribution >= 4 is 17.4 Å². The Hall–Kier alpha value is -3.07. The lowest BCUT2D eigenvalue weighted by molar-refractivity contribution is -0.140. The second kappa shape index (κ2) is 6.71. The normalized spacial score (nSPS) is 25.0. The molecule has 3 saturated heterocycles. The van der Waals surface area contributed by atoms with Crippen molar-refractivity contribution in [3.63, 3.8) is 0 Å². The van der Waals surface area contributed by atoms with Crippen molar-refractivity contribution in [2.75, 3.05) is 18.0 Å². The Kier molecular flexibility index (Phi) is 4.05. The number of aryl methyl sites for hydroxylation is 1. The lowest BCUT2D eigenvalue weighted by Gasteiger charge is -2.38. The summed E-state index contributed by atoms with van der Waals surface area (Å²) in [6.07, 6.45) is 8.95. The van der Waals surface area contributed by atoms with Crippen molar-refractivity contribution in [3.05, 3.63) is 53.9 Å².